The van der Waals surface area contributed by atoms with Gasteiger partial charge in [0.25, 0.3) is 5.91 Å². The highest BCUT2D eigenvalue weighted by Gasteiger charge is 2.21. The third kappa shape index (κ3) is 3.08. The summed E-state index contributed by atoms with van der Waals surface area (Å²) in [4.78, 5) is 24.3. The molecule has 0 fully saturated rings. The molecule has 5 heteroatoms. The van der Waals surface area contributed by atoms with Crippen LogP contribution in [0.15, 0.2) is 41.9 Å². The van der Waals surface area contributed by atoms with Crippen LogP contribution in [0.4, 0.5) is 5.82 Å². The molecule has 0 aliphatic heterocycles. The van der Waals surface area contributed by atoms with Crippen molar-refractivity contribution in [3.05, 3.63) is 64.4 Å². The Bertz CT molecular complexity index is 881. The van der Waals surface area contributed by atoms with Crippen molar-refractivity contribution in [3.63, 3.8) is 0 Å². The molecule has 2 aromatic heterocycles. The second kappa shape index (κ2) is 6.53. The van der Waals surface area contributed by atoms with Crippen LogP contribution in [0, 0.1) is 20.8 Å². The lowest BCUT2D eigenvalue weighted by molar-refractivity contribution is 0.0992. The number of pyridine rings is 1. The zero-order valence-corrected chi connectivity index (χ0v) is 15.0. The number of carbonyl (C=O) groups is 1. The van der Waals surface area contributed by atoms with E-state index in [9.17, 15) is 4.79 Å². The van der Waals surface area contributed by atoms with E-state index in [1.165, 1.54) is 11.3 Å². The Hall–Kier alpha value is -2.53. The highest BCUT2D eigenvalue weighted by Crippen LogP contribution is 2.34. The van der Waals surface area contributed by atoms with Crippen molar-refractivity contribution in [1.29, 1.82) is 0 Å². The number of anilines is 1. The molecule has 122 valence electrons. The molecule has 0 atom stereocenters. The summed E-state index contributed by atoms with van der Waals surface area (Å²) in [5.41, 5.74) is 6.39. The smallest absolute Gasteiger partial charge is 0.259 e. The number of amides is 1. The van der Waals surface area contributed by atoms with Crippen LogP contribution in [-0.4, -0.2) is 22.9 Å². The molecule has 0 spiro atoms. The average Bonchev–Trinajstić information content (AvgIpc) is 3.02. The van der Waals surface area contributed by atoms with Gasteiger partial charge in [0.15, 0.2) is 5.82 Å². The molecule has 3 aromatic rings. The second-order valence-electron chi connectivity index (χ2n) is 5.82. The van der Waals surface area contributed by atoms with Crippen LogP contribution in [0.25, 0.3) is 10.4 Å². The van der Waals surface area contributed by atoms with Gasteiger partial charge in [-0.05, 0) is 50.1 Å². The van der Waals surface area contributed by atoms with E-state index in [1.54, 1.807) is 17.5 Å². The maximum absolute atomic E-state index is 12.9. The van der Waals surface area contributed by atoms with Crippen molar-refractivity contribution in [2.24, 2.45) is 0 Å². The quantitative estimate of drug-likeness (QED) is 0.711. The summed E-state index contributed by atoms with van der Waals surface area (Å²) >= 11 is 1.53. The summed E-state index contributed by atoms with van der Waals surface area (Å²) in [5.74, 6) is 0.626. The number of nitrogens with zero attached hydrogens (tertiary/aromatic N) is 3. The lowest BCUT2D eigenvalue weighted by Crippen LogP contribution is -2.27. The van der Waals surface area contributed by atoms with Crippen LogP contribution in [0.5, 0.6) is 0 Å². The zero-order chi connectivity index (χ0) is 17.3. The van der Waals surface area contributed by atoms with Crippen molar-refractivity contribution in [1.82, 2.24) is 9.97 Å². The molecule has 0 N–H and O–H groups in total. The van der Waals surface area contributed by atoms with Crippen molar-refractivity contribution < 1.29 is 4.79 Å². The number of carbonyl (C=O) groups excluding carboxylic acids is 1. The van der Waals surface area contributed by atoms with E-state index in [-0.39, 0.29) is 5.91 Å². The molecule has 4 nitrogen and oxygen atoms in total. The topological polar surface area (TPSA) is 46.1 Å². The maximum Gasteiger partial charge on any atom is 0.259 e. The van der Waals surface area contributed by atoms with Gasteiger partial charge in [0, 0.05) is 24.0 Å². The normalized spacial score (nSPS) is 10.7. The lowest BCUT2D eigenvalue weighted by Gasteiger charge is -2.18. The number of thiazole rings is 1. The molecular formula is C19H19N3OS. The number of benzene rings is 1. The number of hydrogen-bond donors (Lipinski definition) is 0. The Labute approximate surface area is 145 Å². The summed E-state index contributed by atoms with van der Waals surface area (Å²) < 4.78 is 0. The molecule has 0 aliphatic carbocycles. The Kier molecular flexibility index (Phi) is 4.44. The fraction of sp³-hybridized carbons (Fsp3) is 0.211. The van der Waals surface area contributed by atoms with Crippen molar-refractivity contribution in [2.45, 2.75) is 20.8 Å². The first-order valence-corrected chi connectivity index (χ1v) is 8.58. The van der Waals surface area contributed by atoms with E-state index in [0.717, 1.165) is 27.4 Å². The highest BCUT2D eigenvalue weighted by molar-refractivity contribution is 7.13. The van der Waals surface area contributed by atoms with Crippen LogP contribution in [-0.2, 0) is 0 Å². The van der Waals surface area contributed by atoms with Gasteiger partial charge in [-0.15, -0.1) is 11.3 Å². The monoisotopic (exact) mass is 337 g/mol. The van der Waals surface area contributed by atoms with Crippen molar-refractivity contribution in [2.75, 3.05) is 11.9 Å². The number of rotatable bonds is 3. The lowest BCUT2D eigenvalue weighted by atomic mass is 10.1. The van der Waals surface area contributed by atoms with Crippen LogP contribution >= 0.6 is 11.3 Å². The van der Waals surface area contributed by atoms with E-state index in [0.29, 0.717) is 11.4 Å². The van der Waals surface area contributed by atoms with E-state index < -0.39 is 0 Å². The minimum absolute atomic E-state index is 0.0530. The summed E-state index contributed by atoms with van der Waals surface area (Å²) in [6.07, 6.45) is 0. The van der Waals surface area contributed by atoms with Crippen molar-refractivity contribution >= 4 is 23.1 Å². The van der Waals surface area contributed by atoms with Gasteiger partial charge >= 0.3 is 0 Å². The Balaban J connectivity index is 2.01. The molecule has 0 saturated heterocycles. The Morgan fingerprint density at radius 3 is 2.42 bits per heavy atom. The van der Waals surface area contributed by atoms with Crippen LogP contribution in [0.2, 0.25) is 0 Å². The molecule has 0 bridgehead atoms. The van der Waals surface area contributed by atoms with Crippen LogP contribution in [0.3, 0.4) is 0 Å². The van der Waals surface area contributed by atoms with Gasteiger partial charge < -0.3 is 0 Å². The third-order valence-corrected chi connectivity index (χ3v) is 4.75. The molecule has 0 saturated carbocycles. The number of aromatic nitrogens is 2. The van der Waals surface area contributed by atoms with Gasteiger partial charge in [0.1, 0.15) is 0 Å². The molecule has 0 radical (unpaired) electrons. The van der Waals surface area contributed by atoms with Gasteiger partial charge in [0.2, 0.25) is 0 Å². The fourth-order valence-corrected chi connectivity index (χ4v) is 3.54. The van der Waals surface area contributed by atoms with Gasteiger partial charge in [0.05, 0.1) is 10.4 Å². The maximum atomic E-state index is 12.9. The van der Waals surface area contributed by atoms with Gasteiger partial charge in [-0.3, -0.25) is 14.7 Å². The Morgan fingerprint density at radius 1 is 1.08 bits per heavy atom. The zero-order valence-electron chi connectivity index (χ0n) is 14.2. The largest absolute Gasteiger partial charge is 0.295 e. The Morgan fingerprint density at radius 2 is 1.75 bits per heavy atom. The molecular weight excluding hydrogens is 318 g/mol. The predicted molar refractivity (Wildman–Crippen MR) is 98.7 cm³/mol. The standard InChI is InChI=1S/C19H19N3OS/c1-12-7-5-6-8-16(12)19(23)22(4)18-17(24-11-20-18)15-9-13(2)21-14(3)10-15/h5-11H,1-4H3. The van der Waals surface area contributed by atoms with Gasteiger partial charge in [-0.25, -0.2) is 4.98 Å². The second-order valence-corrected chi connectivity index (χ2v) is 6.68. The van der Waals surface area contributed by atoms with E-state index in [2.05, 4.69) is 9.97 Å². The fourth-order valence-electron chi connectivity index (χ4n) is 2.73. The molecule has 2 heterocycles. The number of hydrogen-bond acceptors (Lipinski definition) is 4. The SMILES string of the molecule is Cc1cc(-c2scnc2N(C)C(=O)c2ccccc2C)cc(C)n1. The van der Waals surface area contributed by atoms with Crippen LogP contribution < -0.4 is 4.90 Å². The summed E-state index contributed by atoms with van der Waals surface area (Å²) in [6.45, 7) is 5.89. The van der Waals surface area contributed by atoms with E-state index in [4.69, 9.17) is 0 Å². The first-order chi connectivity index (χ1) is 11.5. The molecule has 1 amide bonds. The van der Waals surface area contributed by atoms with E-state index >= 15 is 0 Å². The van der Waals surface area contributed by atoms with E-state index in [1.807, 2.05) is 57.2 Å². The molecule has 1 aromatic carbocycles. The first-order valence-electron chi connectivity index (χ1n) is 7.70. The first kappa shape index (κ1) is 16.3. The van der Waals surface area contributed by atoms with Crippen LogP contribution in [0.1, 0.15) is 27.3 Å². The van der Waals surface area contributed by atoms with Crippen molar-refractivity contribution in [3.8, 4) is 10.4 Å². The minimum Gasteiger partial charge on any atom is -0.295 e. The average molecular weight is 337 g/mol. The molecule has 0 unspecified atom stereocenters. The molecule has 24 heavy (non-hydrogen) atoms. The summed E-state index contributed by atoms with van der Waals surface area (Å²) in [5, 5.41) is 0. The predicted octanol–water partition coefficient (Wildman–Crippen LogP) is 4.41. The van der Waals surface area contributed by atoms with Gasteiger partial charge in [-0.1, -0.05) is 18.2 Å². The minimum atomic E-state index is -0.0530. The summed E-state index contributed by atoms with van der Waals surface area (Å²) in [7, 11) is 1.77. The molecule has 0 aliphatic rings. The molecule has 3 rings (SSSR count). The third-order valence-electron chi connectivity index (χ3n) is 3.89. The van der Waals surface area contributed by atoms with Gasteiger partial charge in [-0.2, -0.15) is 0 Å². The number of aryl methyl sites for hydroxylation is 3. The highest BCUT2D eigenvalue weighted by atomic mass is 32.1. The summed E-state index contributed by atoms with van der Waals surface area (Å²) in [6, 6.07) is 11.7.